The maximum Gasteiger partial charge on any atom is 0.232 e. The number of rotatable bonds is 6. The van der Waals surface area contributed by atoms with Crippen molar-refractivity contribution >= 4 is 17.7 Å². The molecule has 20 heavy (non-hydrogen) atoms. The van der Waals surface area contributed by atoms with Gasteiger partial charge in [-0.15, -0.1) is 11.8 Å². The van der Waals surface area contributed by atoms with Crippen LogP contribution in [-0.4, -0.2) is 42.0 Å². The Labute approximate surface area is 125 Å². The fourth-order valence-corrected chi connectivity index (χ4v) is 3.03. The molecule has 110 valence electrons. The van der Waals surface area contributed by atoms with Gasteiger partial charge in [-0.2, -0.15) is 0 Å². The van der Waals surface area contributed by atoms with Crippen LogP contribution >= 0.6 is 11.8 Å². The number of carbonyl (C=O) groups is 1. The van der Waals surface area contributed by atoms with Crippen molar-refractivity contribution in [3.63, 3.8) is 0 Å². The van der Waals surface area contributed by atoms with Gasteiger partial charge in [-0.25, -0.2) is 0 Å². The molecule has 3 nitrogen and oxygen atoms in total. The van der Waals surface area contributed by atoms with E-state index in [-0.39, 0.29) is 5.91 Å². The van der Waals surface area contributed by atoms with E-state index in [1.54, 1.807) is 11.8 Å². The Morgan fingerprint density at radius 1 is 1.25 bits per heavy atom. The van der Waals surface area contributed by atoms with Crippen LogP contribution in [0.3, 0.4) is 0 Å². The van der Waals surface area contributed by atoms with Gasteiger partial charge in [0, 0.05) is 18.8 Å². The maximum atomic E-state index is 11.9. The number of likely N-dealkylation sites (tertiary alicyclic amines) is 1. The minimum absolute atomic E-state index is 0.283. The Bertz CT molecular complexity index is 430. The highest BCUT2D eigenvalue weighted by atomic mass is 32.2. The molecule has 1 fully saturated rings. The molecule has 0 unspecified atom stereocenters. The highest BCUT2D eigenvalue weighted by molar-refractivity contribution is 7.99. The first-order chi connectivity index (χ1) is 9.77. The molecule has 1 aromatic carbocycles. The number of piperidine rings is 1. The van der Waals surface area contributed by atoms with Crippen LogP contribution in [-0.2, 0) is 4.79 Å². The lowest BCUT2D eigenvalue weighted by Crippen LogP contribution is -2.36. The number of hydrogen-bond donors (Lipinski definition) is 0. The van der Waals surface area contributed by atoms with Gasteiger partial charge in [-0.3, -0.25) is 4.79 Å². The third-order valence-electron chi connectivity index (χ3n) is 3.51. The van der Waals surface area contributed by atoms with E-state index in [0.717, 1.165) is 43.0 Å². The van der Waals surface area contributed by atoms with Crippen molar-refractivity contribution in [3.05, 3.63) is 29.8 Å². The lowest BCUT2D eigenvalue weighted by molar-refractivity contribution is -0.129. The first-order valence-electron chi connectivity index (χ1n) is 7.31. The van der Waals surface area contributed by atoms with Gasteiger partial charge in [0.15, 0.2) is 0 Å². The molecule has 0 aromatic heterocycles. The van der Waals surface area contributed by atoms with Crippen LogP contribution in [0.15, 0.2) is 24.3 Å². The average Bonchev–Trinajstić information content (AvgIpc) is 2.49. The fourth-order valence-electron chi connectivity index (χ4n) is 2.32. The monoisotopic (exact) mass is 293 g/mol. The zero-order valence-corrected chi connectivity index (χ0v) is 13.0. The molecule has 0 saturated carbocycles. The van der Waals surface area contributed by atoms with Gasteiger partial charge in [0.05, 0.1) is 12.4 Å². The molecule has 1 saturated heterocycles. The fraction of sp³-hybridized carbons (Fsp3) is 0.562. The van der Waals surface area contributed by atoms with Crippen molar-refractivity contribution in [2.75, 3.05) is 31.2 Å². The molecular formula is C16H23NO2S. The van der Waals surface area contributed by atoms with Crippen LogP contribution in [0.25, 0.3) is 0 Å². The van der Waals surface area contributed by atoms with Crippen molar-refractivity contribution in [2.45, 2.75) is 26.2 Å². The van der Waals surface area contributed by atoms with Crippen LogP contribution < -0.4 is 4.74 Å². The molecule has 2 rings (SSSR count). The van der Waals surface area contributed by atoms with E-state index < -0.39 is 0 Å². The molecular weight excluding hydrogens is 270 g/mol. The van der Waals surface area contributed by atoms with Crippen molar-refractivity contribution in [1.29, 1.82) is 0 Å². The summed E-state index contributed by atoms with van der Waals surface area (Å²) in [6.45, 7) is 4.59. The van der Waals surface area contributed by atoms with E-state index in [4.69, 9.17) is 4.74 Å². The first kappa shape index (κ1) is 15.2. The highest BCUT2D eigenvalue weighted by Crippen LogP contribution is 2.16. The van der Waals surface area contributed by atoms with Gasteiger partial charge in [0.25, 0.3) is 0 Å². The number of amides is 1. The third-order valence-corrected chi connectivity index (χ3v) is 4.42. The van der Waals surface area contributed by atoms with Crippen LogP contribution in [0.2, 0.25) is 0 Å². The Balaban J connectivity index is 1.59. The second-order valence-electron chi connectivity index (χ2n) is 5.11. The molecule has 4 heteroatoms. The van der Waals surface area contributed by atoms with E-state index in [1.165, 1.54) is 6.42 Å². The Hall–Kier alpha value is -1.16. The van der Waals surface area contributed by atoms with Gasteiger partial charge in [-0.05, 0) is 37.8 Å². The second-order valence-corrected chi connectivity index (χ2v) is 6.21. The minimum Gasteiger partial charge on any atom is -0.492 e. The molecule has 1 amide bonds. The summed E-state index contributed by atoms with van der Waals surface area (Å²) in [6, 6.07) is 8.02. The summed E-state index contributed by atoms with van der Waals surface area (Å²) in [5.74, 6) is 2.66. The lowest BCUT2D eigenvalue weighted by Gasteiger charge is -2.26. The van der Waals surface area contributed by atoms with E-state index >= 15 is 0 Å². The molecule has 1 aliphatic rings. The van der Waals surface area contributed by atoms with Crippen molar-refractivity contribution in [2.24, 2.45) is 0 Å². The summed E-state index contributed by atoms with van der Waals surface area (Å²) >= 11 is 1.66. The summed E-state index contributed by atoms with van der Waals surface area (Å²) in [6.07, 6.45) is 3.58. The molecule has 0 radical (unpaired) electrons. The van der Waals surface area contributed by atoms with Crippen LogP contribution in [0, 0.1) is 6.92 Å². The first-order valence-corrected chi connectivity index (χ1v) is 8.47. The molecule has 1 aromatic rings. The summed E-state index contributed by atoms with van der Waals surface area (Å²) < 4.78 is 5.72. The topological polar surface area (TPSA) is 29.5 Å². The van der Waals surface area contributed by atoms with Crippen molar-refractivity contribution in [1.82, 2.24) is 4.90 Å². The van der Waals surface area contributed by atoms with Crippen LogP contribution in [0.5, 0.6) is 5.75 Å². The second kappa shape index (κ2) is 8.20. The van der Waals surface area contributed by atoms with Crippen molar-refractivity contribution in [3.8, 4) is 5.75 Å². The lowest BCUT2D eigenvalue weighted by atomic mass is 10.1. The third kappa shape index (κ3) is 4.75. The molecule has 0 bridgehead atoms. The molecule has 0 aliphatic carbocycles. The van der Waals surface area contributed by atoms with Gasteiger partial charge in [0.2, 0.25) is 5.91 Å². The Morgan fingerprint density at radius 3 is 2.75 bits per heavy atom. The standard InChI is InChI=1S/C16H23NO2S/c1-14-7-3-4-8-15(14)19-11-12-20-13-16(18)17-9-5-2-6-10-17/h3-4,7-8H,2,5-6,9-13H2,1H3. The predicted octanol–water partition coefficient (Wildman–Crippen LogP) is 3.12. The molecule has 0 atom stereocenters. The summed E-state index contributed by atoms with van der Waals surface area (Å²) in [5.41, 5.74) is 1.15. The summed E-state index contributed by atoms with van der Waals surface area (Å²) in [5, 5.41) is 0. The average molecular weight is 293 g/mol. The molecule has 0 N–H and O–H groups in total. The molecule has 0 spiro atoms. The van der Waals surface area contributed by atoms with Gasteiger partial charge < -0.3 is 9.64 Å². The van der Waals surface area contributed by atoms with Crippen LogP contribution in [0.4, 0.5) is 0 Å². The number of para-hydroxylation sites is 1. The number of carbonyl (C=O) groups excluding carboxylic acids is 1. The van der Waals surface area contributed by atoms with Gasteiger partial charge in [-0.1, -0.05) is 18.2 Å². The smallest absolute Gasteiger partial charge is 0.232 e. The number of nitrogens with zero attached hydrogens (tertiary/aromatic N) is 1. The van der Waals surface area contributed by atoms with E-state index in [1.807, 2.05) is 36.1 Å². The number of ether oxygens (including phenoxy) is 1. The number of aryl methyl sites for hydroxylation is 1. The normalized spacial score (nSPS) is 15.2. The Morgan fingerprint density at radius 2 is 2.00 bits per heavy atom. The zero-order valence-electron chi connectivity index (χ0n) is 12.1. The maximum absolute atomic E-state index is 11.9. The van der Waals surface area contributed by atoms with Crippen molar-refractivity contribution < 1.29 is 9.53 Å². The number of hydrogen-bond acceptors (Lipinski definition) is 3. The van der Waals surface area contributed by atoms with E-state index in [9.17, 15) is 4.79 Å². The molecule has 1 heterocycles. The SMILES string of the molecule is Cc1ccccc1OCCSCC(=O)N1CCCCC1. The van der Waals surface area contributed by atoms with Crippen LogP contribution in [0.1, 0.15) is 24.8 Å². The summed E-state index contributed by atoms with van der Waals surface area (Å²) in [4.78, 5) is 13.9. The highest BCUT2D eigenvalue weighted by Gasteiger charge is 2.15. The Kier molecular flexibility index (Phi) is 6.25. The number of thioether (sulfide) groups is 1. The predicted molar refractivity (Wildman–Crippen MR) is 84.4 cm³/mol. The summed E-state index contributed by atoms with van der Waals surface area (Å²) in [7, 11) is 0. The molecule has 1 aliphatic heterocycles. The van der Waals surface area contributed by atoms with Gasteiger partial charge in [0.1, 0.15) is 5.75 Å². The number of benzene rings is 1. The largest absolute Gasteiger partial charge is 0.492 e. The quantitative estimate of drug-likeness (QED) is 0.755. The van der Waals surface area contributed by atoms with E-state index in [0.29, 0.717) is 12.4 Å². The minimum atomic E-state index is 0.283. The van der Waals surface area contributed by atoms with E-state index in [2.05, 4.69) is 0 Å². The van der Waals surface area contributed by atoms with Gasteiger partial charge >= 0.3 is 0 Å². The zero-order chi connectivity index (χ0) is 14.2.